The van der Waals surface area contributed by atoms with Crippen LogP contribution in [0, 0.1) is 11.3 Å². The SMILES string of the molecule is N#Cc1ccc(CCC(=O)N2CCCc3cccc(NS(=O)(=O)c4cccc(Br)c4)c32)cc1. The molecule has 0 saturated heterocycles. The monoisotopic (exact) mass is 523 g/mol. The van der Waals surface area contributed by atoms with Crippen molar-refractivity contribution in [2.75, 3.05) is 16.2 Å². The molecule has 0 unspecified atom stereocenters. The number of hydrogen-bond donors (Lipinski definition) is 1. The molecule has 1 heterocycles. The lowest BCUT2D eigenvalue weighted by Gasteiger charge is -2.32. The number of carbonyl (C=O) groups excluding carboxylic acids is 1. The molecule has 4 rings (SSSR count). The lowest BCUT2D eigenvalue weighted by molar-refractivity contribution is -0.118. The highest BCUT2D eigenvalue weighted by molar-refractivity contribution is 9.10. The smallest absolute Gasteiger partial charge is 0.262 e. The van der Waals surface area contributed by atoms with Gasteiger partial charge in [0, 0.05) is 17.4 Å². The second-order valence-corrected chi connectivity index (χ2v) is 10.4. The van der Waals surface area contributed by atoms with Crippen LogP contribution in [0.25, 0.3) is 0 Å². The van der Waals surface area contributed by atoms with Crippen molar-refractivity contribution in [2.45, 2.75) is 30.6 Å². The zero-order chi connectivity index (χ0) is 23.4. The summed E-state index contributed by atoms with van der Waals surface area (Å²) < 4.78 is 29.4. The Morgan fingerprint density at radius 2 is 1.85 bits per heavy atom. The number of fused-ring (bicyclic) bond motifs is 1. The van der Waals surface area contributed by atoms with Gasteiger partial charge in [0.15, 0.2) is 0 Å². The zero-order valence-electron chi connectivity index (χ0n) is 17.8. The molecule has 1 N–H and O–H groups in total. The van der Waals surface area contributed by atoms with Gasteiger partial charge in [0.25, 0.3) is 10.0 Å². The Morgan fingerprint density at radius 1 is 1.09 bits per heavy atom. The molecule has 3 aromatic rings. The van der Waals surface area contributed by atoms with Crippen molar-refractivity contribution in [1.29, 1.82) is 5.26 Å². The summed E-state index contributed by atoms with van der Waals surface area (Å²) in [6.07, 6.45) is 2.43. The van der Waals surface area contributed by atoms with Crippen LogP contribution in [-0.2, 0) is 27.7 Å². The molecular formula is C25H22BrN3O3S. The van der Waals surface area contributed by atoms with Gasteiger partial charge < -0.3 is 4.90 Å². The first kappa shape index (κ1) is 23.0. The minimum absolute atomic E-state index is 0.0607. The van der Waals surface area contributed by atoms with E-state index in [9.17, 15) is 13.2 Å². The largest absolute Gasteiger partial charge is 0.310 e. The number of para-hydroxylation sites is 1. The summed E-state index contributed by atoms with van der Waals surface area (Å²) in [6.45, 7) is 0.537. The predicted molar refractivity (Wildman–Crippen MR) is 132 cm³/mol. The molecule has 0 saturated carbocycles. The minimum atomic E-state index is -3.82. The van der Waals surface area contributed by atoms with Gasteiger partial charge in [0.2, 0.25) is 5.91 Å². The molecule has 6 nitrogen and oxygen atoms in total. The van der Waals surface area contributed by atoms with Crippen molar-refractivity contribution >= 4 is 43.2 Å². The number of aryl methyl sites for hydroxylation is 2. The maximum atomic E-state index is 13.2. The number of amides is 1. The van der Waals surface area contributed by atoms with E-state index < -0.39 is 10.0 Å². The lowest BCUT2D eigenvalue weighted by Crippen LogP contribution is -2.36. The van der Waals surface area contributed by atoms with Crippen molar-refractivity contribution in [1.82, 2.24) is 0 Å². The number of nitriles is 1. The summed E-state index contributed by atoms with van der Waals surface area (Å²) in [4.78, 5) is 15.0. The third kappa shape index (κ3) is 5.27. The molecule has 33 heavy (non-hydrogen) atoms. The third-order valence-electron chi connectivity index (χ3n) is 5.58. The van der Waals surface area contributed by atoms with Crippen molar-refractivity contribution in [3.63, 3.8) is 0 Å². The van der Waals surface area contributed by atoms with Crippen molar-refractivity contribution in [3.8, 4) is 6.07 Å². The van der Waals surface area contributed by atoms with E-state index in [0.29, 0.717) is 34.4 Å². The van der Waals surface area contributed by atoms with E-state index >= 15 is 0 Å². The number of benzene rings is 3. The standard InChI is InChI=1S/C25H22BrN3O3S/c26-21-6-2-7-22(16-21)33(31,32)28-23-8-1-4-20-5-3-15-29(25(20)23)24(30)14-13-18-9-11-19(17-27)12-10-18/h1-2,4,6-12,16,28H,3,5,13-15H2. The predicted octanol–water partition coefficient (Wildman–Crippen LogP) is 5.03. The van der Waals surface area contributed by atoms with Gasteiger partial charge in [-0.1, -0.05) is 46.3 Å². The number of hydrogen-bond acceptors (Lipinski definition) is 4. The molecule has 8 heteroatoms. The fourth-order valence-corrected chi connectivity index (χ4v) is 5.62. The Balaban J connectivity index is 1.58. The highest BCUT2D eigenvalue weighted by Gasteiger charge is 2.27. The maximum absolute atomic E-state index is 13.2. The number of rotatable bonds is 6. The van der Waals surface area contributed by atoms with E-state index in [0.717, 1.165) is 24.0 Å². The molecule has 1 amide bonds. The zero-order valence-corrected chi connectivity index (χ0v) is 20.2. The van der Waals surface area contributed by atoms with Crippen LogP contribution in [0.4, 0.5) is 11.4 Å². The molecule has 0 atom stereocenters. The van der Waals surface area contributed by atoms with Crippen LogP contribution in [0.15, 0.2) is 76.1 Å². The van der Waals surface area contributed by atoms with Gasteiger partial charge in [-0.3, -0.25) is 9.52 Å². The van der Waals surface area contributed by atoms with Gasteiger partial charge in [-0.15, -0.1) is 0 Å². The molecular weight excluding hydrogens is 502 g/mol. The van der Waals surface area contributed by atoms with Crippen LogP contribution in [0.3, 0.4) is 0 Å². The van der Waals surface area contributed by atoms with Gasteiger partial charge in [-0.05, 0) is 66.8 Å². The maximum Gasteiger partial charge on any atom is 0.262 e. The number of nitrogens with one attached hydrogen (secondary N) is 1. The minimum Gasteiger partial charge on any atom is -0.310 e. The van der Waals surface area contributed by atoms with Gasteiger partial charge >= 0.3 is 0 Å². The summed E-state index contributed by atoms with van der Waals surface area (Å²) in [6, 6.07) is 21.2. The molecule has 0 aromatic heterocycles. The van der Waals surface area contributed by atoms with Crippen LogP contribution in [-0.4, -0.2) is 20.9 Å². The van der Waals surface area contributed by atoms with Crippen LogP contribution >= 0.6 is 15.9 Å². The lowest BCUT2D eigenvalue weighted by atomic mass is 9.99. The summed E-state index contributed by atoms with van der Waals surface area (Å²) in [5, 5.41) is 8.94. The quantitative estimate of drug-likeness (QED) is 0.490. The summed E-state index contributed by atoms with van der Waals surface area (Å²) in [5.74, 6) is -0.0607. The van der Waals surface area contributed by atoms with Crippen LogP contribution in [0.1, 0.15) is 29.5 Å². The van der Waals surface area contributed by atoms with Gasteiger partial charge in [-0.2, -0.15) is 5.26 Å². The van der Waals surface area contributed by atoms with E-state index in [-0.39, 0.29) is 17.2 Å². The van der Waals surface area contributed by atoms with E-state index in [1.807, 2.05) is 24.3 Å². The first-order valence-corrected chi connectivity index (χ1v) is 12.8. The Kier molecular flexibility index (Phi) is 6.82. The molecule has 0 bridgehead atoms. The van der Waals surface area contributed by atoms with Crippen LogP contribution < -0.4 is 9.62 Å². The van der Waals surface area contributed by atoms with E-state index in [1.54, 1.807) is 35.2 Å². The first-order chi connectivity index (χ1) is 15.9. The van der Waals surface area contributed by atoms with E-state index in [4.69, 9.17) is 5.26 Å². The second kappa shape index (κ2) is 9.77. The third-order valence-corrected chi connectivity index (χ3v) is 7.44. The Hall–Kier alpha value is -3.15. The average Bonchev–Trinajstić information content (AvgIpc) is 2.82. The molecule has 1 aliphatic heterocycles. The fraction of sp³-hybridized carbons (Fsp3) is 0.200. The number of halogens is 1. The molecule has 168 valence electrons. The first-order valence-electron chi connectivity index (χ1n) is 10.6. The normalized spacial score (nSPS) is 13.2. The van der Waals surface area contributed by atoms with Gasteiger partial charge in [-0.25, -0.2) is 8.42 Å². The van der Waals surface area contributed by atoms with Crippen molar-refractivity contribution in [3.05, 3.63) is 87.9 Å². The molecule has 1 aliphatic rings. The molecule has 0 fully saturated rings. The molecule has 0 radical (unpaired) electrons. The Morgan fingerprint density at radius 3 is 2.58 bits per heavy atom. The van der Waals surface area contributed by atoms with E-state index in [2.05, 4.69) is 26.7 Å². The van der Waals surface area contributed by atoms with Crippen molar-refractivity contribution < 1.29 is 13.2 Å². The molecule has 3 aromatic carbocycles. The number of nitrogens with zero attached hydrogens (tertiary/aromatic N) is 2. The summed E-state index contributed by atoms with van der Waals surface area (Å²) >= 11 is 3.31. The van der Waals surface area contributed by atoms with Gasteiger partial charge in [0.1, 0.15) is 0 Å². The highest BCUT2D eigenvalue weighted by atomic mass is 79.9. The summed E-state index contributed by atoms with van der Waals surface area (Å²) in [7, 11) is -3.82. The number of sulfonamides is 1. The second-order valence-electron chi connectivity index (χ2n) is 7.83. The average molecular weight is 524 g/mol. The number of anilines is 2. The van der Waals surface area contributed by atoms with Gasteiger partial charge in [0.05, 0.1) is 27.9 Å². The Labute approximate surface area is 202 Å². The summed E-state index contributed by atoms with van der Waals surface area (Å²) in [5.41, 5.74) is 3.54. The highest BCUT2D eigenvalue weighted by Crippen LogP contribution is 2.36. The number of carbonyl (C=O) groups is 1. The molecule has 0 spiro atoms. The fourth-order valence-electron chi connectivity index (χ4n) is 3.95. The topological polar surface area (TPSA) is 90.3 Å². The van der Waals surface area contributed by atoms with Crippen LogP contribution in [0.2, 0.25) is 0 Å². The Bertz CT molecular complexity index is 1330. The van der Waals surface area contributed by atoms with Crippen molar-refractivity contribution in [2.24, 2.45) is 0 Å². The van der Waals surface area contributed by atoms with E-state index in [1.165, 1.54) is 12.1 Å². The molecule has 0 aliphatic carbocycles. The van der Waals surface area contributed by atoms with Crippen LogP contribution in [0.5, 0.6) is 0 Å².